The molecule has 32 heavy (non-hydrogen) atoms. The molecule has 2 rings (SSSR count). The van der Waals surface area contributed by atoms with Gasteiger partial charge in [0.25, 0.3) is 5.79 Å². The first-order valence-electron chi connectivity index (χ1n) is 8.65. The molecule has 7 nitrogen and oxygen atoms in total. The van der Waals surface area contributed by atoms with Crippen molar-refractivity contribution in [3.8, 4) is 11.5 Å². The normalized spacial score (nSPS) is 16.4. The Morgan fingerprint density at radius 1 is 0.969 bits per heavy atom. The largest absolute Gasteiger partial charge is 0.487 e. The predicted molar refractivity (Wildman–Crippen MR) is 92.4 cm³/mol. The molecule has 0 spiro atoms. The highest BCUT2D eigenvalue weighted by Gasteiger charge is 2.42. The maximum atomic E-state index is 13.1. The van der Waals surface area contributed by atoms with Crippen molar-refractivity contribution in [2.24, 2.45) is 0 Å². The first-order chi connectivity index (χ1) is 14.6. The summed E-state index contributed by atoms with van der Waals surface area (Å²) in [4.78, 5) is 23.8. The van der Waals surface area contributed by atoms with Gasteiger partial charge in [-0.25, -0.2) is 18.4 Å². The van der Waals surface area contributed by atoms with Crippen LogP contribution in [0.1, 0.15) is 13.8 Å². The molecule has 1 aliphatic rings. The molecule has 0 bridgehead atoms. The van der Waals surface area contributed by atoms with E-state index in [0.717, 1.165) is 24.4 Å². The summed E-state index contributed by atoms with van der Waals surface area (Å²) in [5, 5.41) is 2.36. The second-order valence-electron chi connectivity index (χ2n) is 6.83. The van der Waals surface area contributed by atoms with Crippen LogP contribution in [0.3, 0.4) is 0 Å². The van der Waals surface area contributed by atoms with Crippen molar-refractivity contribution in [2.75, 3.05) is 18.5 Å². The van der Waals surface area contributed by atoms with Gasteiger partial charge in [0.15, 0.2) is 18.8 Å². The number of rotatable bonds is 8. The third kappa shape index (κ3) is 7.20. The molecule has 0 amide bonds. The summed E-state index contributed by atoms with van der Waals surface area (Å²) in [7, 11) is 0. The van der Waals surface area contributed by atoms with Gasteiger partial charge >= 0.3 is 30.5 Å². The van der Waals surface area contributed by atoms with Crippen LogP contribution in [0.4, 0.5) is 36.4 Å². The molecular weight excluding hydrogens is 459 g/mol. The molecule has 1 aliphatic heterocycles. The molecule has 178 valence electrons. The number of nitrogens with one attached hydrogen (secondary N) is 1. The lowest BCUT2D eigenvalue weighted by Gasteiger charge is -2.29. The molecule has 14 heteroatoms. The topological polar surface area (TPSA) is 83.1 Å². The summed E-state index contributed by atoms with van der Waals surface area (Å²) in [5.41, 5.74) is -0.810. The van der Waals surface area contributed by atoms with Gasteiger partial charge in [-0.3, -0.25) is 0 Å². The van der Waals surface area contributed by atoms with Crippen LogP contribution in [0, 0.1) is 0 Å². The van der Waals surface area contributed by atoms with E-state index < -0.39 is 66.5 Å². The smallest absolute Gasteiger partial charge is 0.422 e. The van der Waals surface area contributed by atoms with Crippen LogP contribution in [0.2, 0.25) is 0 Å². The number of halogens is 7. The van der Waals surface area contributed by atoms with E-state index in [1.807, 2.05) is 0 Å². The molecular formula is C18H16F7NO6. The minimum absolute atomic E-state index is 0.196. The zero-order valence-electron chi connectivity index (χ0n) is 16.4. The SMILES string of the molecule is CC1(C)OC(=O)C(=CNc2cc(OCC(F)(F)F)cc(OCC(F)(F)C(F)F)c2)C(=O)O1. The number of cyclic esters (lactones) is 2. The van der Waals surface area contributed by atoms with Gasteiger partial charge in [0.05, 0.1) is 0 Å². The number of carbonyl (C=O) groups excluding carboxylic acids is 2. The number of carbonyl (C=O) groups is 2. The first kappa shape index (κ1) is 25.1. The Labute approximate surface area is 176 Å². The van der Waals surface area contributed by atoms with Gasteiger partial charge in [-0.05, 0) is 0 Å². The molecule has 1 fully saturated rings. The number of hydrogen-bond acceptors (Lipinski definition) is 7. The van der Waals surface area contributed by atoms with E-state index in [4.69, 9.17) is 9.47 Å². The van der Waals surface area contributed by atoms with Gasteiger partial charge in [0.2, 0.25) is 0 Å². The van der Waals surface area contributed by atoms with Crippen LogP contribution in [0.5, 0.6) is 11.5 Å². The fourth-order valence-electron chi connectivity index (χ4n) is 2.16. The average molecular weight is 475 g/mol. The quantitative estimate of drug-likeness (QED) is 0.263. The van der Waals surface area contributed by atoms with E-state index in [-0.39, 0.29) is 5.69 Å². The van der Waals surface area contributed by atoms with Crippen molar-refractivity contribution in [1.29, 1.82) is 0 Å². The number of alkyl halides is 7. The Morgan fingerprint density at radius 2 is 1.47 bits per heavy atom. The predicted octanol–water partition coefficient (Wildman–Crippen LogP) is 4.04. The summed E-state index contributed by atoms with van der Waals surface area (Å²) < 4.78 is 107. The fourth-order valence-corrected chi connectivity index (χ4v) is 2.16. The summed E-state index contributed by atoms with van der Waals surface area (Å²) in [6, 6.07) is 2.64. The molecule has 1 aromatic carbocycles. The molecule has 0 aliphatic carbocycles. The minimum atomic E-state index is -4.74. The number of esters is 2. The molecule has 1 heterocycles. The van der Waals surface area contributed by atoms with E-state index in [1.54, 1.807) is 0 Å². The fraction of sp³-hybridized carbons (Fsp3) is 0.444. The van der Waals surface area contributed by atoms with Gasteiger partial charge < -0.3 is 24.3 Å². The molecule has 0 atom stereocenters. The van der Waals surface area contributed by atoms with Gasteiger partial charge in [0.1, 0.15) is 11.5 Å². The first-order valence-corrected chi connectivity index (χ1v) is 8.65. The highest BCUT2D eigenvalue weighted by molar-refractivity contribution is 6.15. The van der Waals surface area contributed by atoms with Crippen LogP contribution >= 0.6 is 0 Å². The van der Waals surface area contributed by atoms with Crippen molar-refractivity contribution in [2.45, 2.75) is 38.2 Å². The minimum Gasteiger partial charge on any atom is -0.487 e. The lowest BCUT2D eigenvalue weighted by Crippen LogP contribution is -2.42. The summed E-state index contributed by atoms with van der Waals surface area (Å²) >= 11 is 0. The molecule has 1 saturated heterocycles. The number of ether oxygens (including phenoxy) is 4. The standard InChI is InChI=1S/C18H16F7NO6/c1-16(2)31-13(27)12(14(28)32-16)6-26-9-3-10(29-7-17(21,22)15(19)20)5-11(4-9)30-8-18(23,24)25/h3-6,15,26H,7-8H2,1-2H3. The van der Waals surface area contributed by atoms with Crippen LogP contribution in [0.15, 0.2) is 30.0 Å². The van der Waals surface area contributed by atoms with E-state index >= 15 is 0 Å². The molecule has 0 unspecified atom stereocenters. The Kier molecular flexibility index (Phi) is 7.15. The average Bonchev–Trinajstić information content (AvgIpc) is 2.62. The van der Waals surface area contributed by atoms with Crippen molar-refractivity contribution in [3.05, 3.63) is 30.0 Å². The lowest BCUT2D eigenvalue weighted by atomic mass is 10.2. The van der Waals surface area contributed by atoms with Crippen molar-refractivity contribution >= 4 is 17.6 Å². The molecule has 0 saturated carbocycles. The Balaban J connectivity index is 2.26. The van der Waals surface area contributed by atoms with Crippen LogP contribution < -0.4 is 14.8 Å². The van der Waals surface area contributed by atoms with Crippen molar-refractivity contribution in [3.63, 3.8) is 0 Å². The number of anilines is 1. The van der Waals surface area contributed by atoms with Gasteiger partial charge in [-0.15, -0.1) is 0 Å². The molecule has 0 radical (unpaired) electrons. The van der Waals surface area contributed by atoms with E-state index in [9.17, 15) is 40.3 Å². The summed E-state index contributed by atoms with van der Waals surface area (Å²) in [6.07, 6.45) is -7.99. The zero-order chi connectivity index (χ0) is 24.3. The summed E-state index contributed by atoms with van der Waals surface area (Å²) in [6.45, 7) is -0.930. The van der Waals surface area contributed by atoms with Gasteiger partial charge in [-0.2, -0.15) is 22.0 Å². The number of benzene rings is 1. The Morgan fingerprint density at radius 3 is 1.94 bits per heavy atom. The third-order valence-electron chi connectivity index (χ3n) is 3.53. The van der Waals surface area contributed by atoms with Crippen molar-refractivity contribution < 1.29 is 59.3 Å². The zero-order valence-corrected chi connectivity index (χ0v) is 16.4. The molecule has 1 N–H and O–H groups in total. The maximum Gasteiger partial charge on any atom is 0.422 e. The molecule has 0 aromatic heterocycles. The summed E-state index contributed by atoms with van der Waals surface area (Å²) in [5.74, 6) is -9.28. The third-order valence-corrected chi connectivity index (χ3v) is 3.53. The van der Waals surface area contributed by atoms with Crippen LogP contribution in [0.25, 0.3) is 0 Å². The lowest BCUT2D eigenvalue weighted by molar-refractivity contribution is -0.222. The Hall–Kier alpha value is -3.19. The second-order valence-corrected chi connectivity index (χ2v) is 6.83. The monoisotopic (exact) mass is 475 g/mol. The van der Waals surface area contributed by atoms with Crippen LogP contribution in [-0.4, -0.2) is 49.5 Å². The van der Waals surface area contributed by atoms with E-state index in [1.165, 1.54) is 13.8 Å². The number of hydrogen-bond donors (Lipinski definition) is 1. The van der Waals surface area contributed by atoms with Gasteiger partial charge in [0, 0.05) is 43.9 Å². The van der Waals surface area contributed by atoms with Crippen molar-refractivity contribution in [1.82, 2.24) is 0 Å². The van der Waals surface area contributed by atoms with E-state index in [0.29, 0.717) is 0 Å². The van der Waals surface area contributed by atoms with Gasteiger partial charge in [-0.1, -0.05) is 0 Å². The highest BCUT2D eigenvalue weighted by atomic mass is 19.4. The maximum absolute atomic E-state index is 13.1. The Bertz CT molecular complexity index is 876. The second kappa shape index (κ2) is 9.12. The molecule has 1 aromatic rings. The highest BCUT2D eigenvalue weighted by Crippen LogP contribution is 2.31. The van der Waals surface area contributed by atoms with Crippen LogP contribution in [-0.2, 0) is 19.1 Å². The van der Waals surface area contributed by atoms with E-state index in [2.05, 4.69) is 14.8 Å².